The minimum Gasteiger partial charge on any atom is -0.477 e. The van der Waals surface area contributed by atoms with Crippen molar-refractivity contribution in [3.05, 3.63) is 85.1 Å². The average molecular weight is 1370 g/mol. The van der Waals surface area contributed by atoms with Gasteiger partial charge in [0.2, 0.25) is 0 Å². The van der Waals surface area contributed by atoms with E-state index in [9.17, 15) is 19.5 Å². The number of carboxylic acids is 1. The number of allylic oxidation sites excluding steroid dienone is 14. The molecule has 0 aliphatic rings. The summed E-state index contributed by atoms with van der Waals surface area (Å²) < 4.78 is 23.1. The molecule has 0 heterocycles. The summed E-state index contributed by atoms with van der Waals surface area (Å²) in [6.45, 7) is 4.82. The van der Waals surface area contributed by atoms with Gasteiger partial charge in [0.15, 0.2) is 6.10 Å². The van der Waals surface area contributed by atoms with Crippen molar-refractivity contribution in [2.24, 2.45) is 0 Å². The van der Waals surface area contributed by atoms with Crippen LogP contribution in [0, 0.1) is 0 Å². The van der Waals surface area contributed by atoms with E-state index >= 15 is 0 Å². The summed E-state index contributed by atoms with van der Waals surface area (Å²) in [5, 5.41) is 9.78. The van der Waals surface area contributed by atoms with E-state index in [0.29, 0.717) is 17.4 Å². The van der Waals surface area contributed by atoms with Crippen molar-refractivity contribution in [3.8, 4) is 0 Å². The van der Waals surface area contributed by atoms with Gasteiger partial charge in [-0.1, -0.05) is 407 Å². The van der Waals surface area contributed by atoms with Crippen molar-refractivity contribution >= 4 is 17.9 Å². The van der Waals surface area contributed by atoms with E-state index in [1.54, 1.807) is 0 Å². The Balaban J connectivity index is 3.97. The molecular formula is C89H162NO8+. The van der Waals surface area contributed by atoms with E-state index in [-0.39, 0.29) is 32.2 Å². The van der Waals surface area contributed by atoms with Gasteiger partial charge in [-0.2, -0.15) is 0 Å². The topological polar surface area (TPSA) is 108 Å². The van der Waals surface area contributed by atoms with Gasteiger partial charge in [0.25, 0.3) is 6.29 Å². The molecular weight excluding hydrogens is 1210 g/mol. The van der Waals surface area contributed by atoms with Crippen LogP contribution in [-0.4, -0.2) is 87.4 Å². The quantitative estimate of drug-likeness (QED) is 0.0211. The second kappa shape index (κ2) is 79.2. The minimum atomic E-state index is -1.51. The summed E-state index contributed by atoms with van der Waals surface area (Å²) in [6, 6.07) is 0. The highest BCUT2D eigenvalue weighted by atomic mass is 16.7. The maximum Gasteiger partial charge on any atom is 0.361 e. The number of rotatable bonds is 79. The molecule has 9 heteroatoms. The molecule has 0 spiro atoms. The molecule has 0 fully saturated rings. The highest BCUT2D eigenvalue weighted by Gasteiger charge is 2.25. The summed E-state index contributed by atoms with van der Waals surface area (Å²) in [7, 11) is 5.99. The van der Waals surface area contributed by atoms with Crippen LogP contribution >= 0.6 is 0 Å². The van der Waals surface area contributed by atoms with Gasteiger partial charge in [-0.05, 0) is 70.6 Å². The van der Waals surface area contributed by atoms with Gasteiger partial charge in [0.1, 0.15) is 13.2 Å². The summed E-state index contributed by atoms with van der Waals surface area (Å²) in [5.74, 6) is -1.98. The normalized spacial score (nSPS) is 13.0. The van der Waals surface area contributed by atoms with Crippen LogP contribution < -0.4 is 0 Å². The van der Waals surface area contributed by atoms with Gasteiger partial charge < -0.3 is 28.5 Å². The van der Waals surface area contributed by atoms with Gasteiger partial charge in [0, 0.05) is 12.8 Å². The first-order valence-corrected chi connectivity index (χ1v) is 42.3. The van der Waals surface area contributed by atoms with Gasteiger partial charge >= 0.3 is 17.9 Å². The smallest absolute Gasteiger partial charge is 0.361 e. The molecule has 0 amide bonds. The number of likely N-dealkylation sites (N-methyl/N-ethyl adjacent to an activating group) is 1. The third kappa shape index (κ3) is 79.8. The third-order valence-corrected chi connectivity index (χ3v) is 18.9. The molecule has 0 aromatic rings. The lowest BCUT2D eigenvalue weighted by atomic mass is 10.0. The van der Waals surface area contributed by atoms with Crippen LogP contribution in [0.2, 0.25) is 0 Å². The fourth-order valence-electron chi connectivity index (χ4n) is 12.5. The SMILES string of the molecule is CC/C=C\C/C=C\C/C=C\C/C=C\C/C=C\C/C=C\C/C=C\CCCCCCCCCCCCCCCC(=O)OC(COC(=O)CCCCCCCCCCCCCCCCCCCCCCCCCCCCCCCCCCCCCCCC)COC(OCC[N+](C)(C)C)C(=O)O. The van der Waals surface area contributed by atoms with Crippen LogP contribution in [0.25, 0.3) is 0 Å². The Kier molecular flexibility index (Phi) is 76.3. The Morgan fingerprint density at radius 3 is 0.867 bits per heavy atom. The van der Waals surface area contributed by atoms with Gasteiger partial charge in [-0.25, -0.2) is 4.79 Å². The van der Waals surface area contributed by atoms with Gasteiger partial charge in [-0.3, -0.25) is 9.59 Å². The van der Waals surface area contributed by atoms with Gasteiger partial charge in [-0.15, -0.1) is 0 Å². The van der Waals surface area contributed by atoms with Crippen molar-refractivity contribution in [1.82, 2.24) is 0 Å². The van der Waals surface area contributed by atoms with Crippen LogP contribution in [0.5, 0.6) is 0 Å². The lowest BCUT2D eigenvalue weighted by Gasteiger charge is -2.25. The molecule has 0 rings (SSSR count). The Labute approximate surface area is 608 Å². The van der Waals surface area contributed by atoms with Crippen molar-refractivity contribution in [2.75, 3.05) is 47.5 Å². The number of carbonyl (C=O) groups excluding carboxylic acids is 2. The number of carbonyl (C=O) groups is 3. The maximum atomic E-state index is 13.0. The summed E-state index contributed by atoms with van der Waals surface area (Å²) in [6.07, 6.45) is 106. The zero-order valence-corrected chi connectivity index (χ0v) is 65.5. The highest BCUT2D eigenvalue weighted by molar-refractivity contribution is 5.71. The molecule has 0 aromatic heterocycles. The zero-order chi connectivity index (χ0) is 71.1. The van der Waals surface area contributed by atoms with E-state index in [0.717, 1.165) is 83.5 Å². The van der Waals surface area contributed by atoms with Crippen LogP contribution in [0.1, 0.15) is 406 Å². The zero-order valence-electron chi connectivity index (χ0n) is 65.5. The molecule has 2 unspecified atom stereocenters. The Morgan fingerprint density at radius 2 is 0.582 bits per heavy atom. The van der Waals surface area contributed by atoms with Crippen LogP contribution in [0.4, 0.5) is 0 Å². The number of nitrogens with zero attached hydrogens (tertiary/aromatic N) is 1. The van der Waals surface area contributed by atoms with E-state index in [4.69, 9.17) is 18.9 Å². The predicted molar refractivity (Wildman–Crippen MR) is 424 cm³/mol. The van der Waals surface area contributed by atoms with Crippen molar-refractivity contribution < 1.29 is 42.9 Å². The fraction of sp³-hybridized carbons (Fsp3) is 0.809. The highest BCUT2D eigenvalue weighted by Crippen LogP contribution is 2.20. The second-order valence-corrected chi connectivity index (χ2v) is 29.8. The third-order valence-electron chi connectivity index (χ3n) is 18.9. The molecule has 0 bridgehead atoms. The molecule has 2 atom stereocenters. The summed E-state index contributed by atoms with van der Waals surface area (Å²) >= 11 is 0. The van der Waals surface area contributed by atoms with Crippen molar-refractivity contribution in [2.45, 2.75) is 418 Å². The molecule has 0 saturated heterocycles. The largest absolute Gasteiger partial charge is 0.477 e. The summed E-state index contributed by atoms with van der Waals surface area (Å²) in [5.41, 5.74) is 0. The fourth-order valence-corrected chi connectivity index (χ4v) is 12.5. The molecule has 9 nitrogen and oxygen atoms in total. The van der Waals surface area contributed by atoms with E-state index in [2.05, 4.69) is 98.9 Å². The maximum absolute atomic E-state index is 13.0. The molecule has 0 saturated carbocycles. The van der Waals surface area contributed by atoms with Crippen molar-refractivity contribution in [1.29, 1.82) is 0 Å². The first-order valence-electron chi connectivity index (χ1n) is 42.3. The molecule has 1 N–H and O–H groups in total. The molecule has 0 aliphatic carbocycles. The molecule has 570 valence electrons. The van der Waals surface area contributed by atoms with E-state index in [1.807, 2.05) is 21.1 Å². The van der Waals surface area contributed by atoms with Gasteiger partial charge in [0.05, 0.1) is 34.4 Å². The number of quaternary nitrogens is 1. The number of esters is 2. The standard InChI is InChI=1S/C89H161NO8/c1-6-8-10-12-14-16-18-20-22-24-26-28-30-32-34-36-38-40-42-43-44-46-47-49-51-53-55-57-59-61-63-65-67-69-71-73-75-77-79-86(91)96-83-85(84-97-89(88(93)94)95-82-81-90(3,4)5)98-87(92)80-78-76-74-72-70-68-66-64-62-60-58-56-54-52-50-48-45-41-39-37-35-33-31-29-27-25-23-21-19-17-15-13-11-9-7-2/h9,11,15,17,21,23,27,29,33,35,39,41,48,50,85,89H,6-8,10,12-14,16,18-20,22,24-26,28,30-32,34,36-38,40,42-47,49,51-84H2,1-5H3/p+1/b11-9-,17-15-,23-21-,29-27-,35-33-,41-39-,50-48-. The predicted octanol–water partition coefficient (Wildman–Crippen LogP) is 27.3. The van der Waals surface area contributed by atoms with Crippen LogP contribution in [0.15, 0.2) is 85.1 Å². The molecule has 0 aromatic carbocycles. The molecule has 0 aliphatic heterocycles. The Morgan fingerprint density at radius 1 is 0.316 bits per heavy atom. The number of unbranched alkanes of at least 4 members (excludes halogenated alkanes) is 50. The Hall–Kier alpha value is -3.53. The lowest BCUT2D eigenvalue weighted by molar-refractivity contribution is -0.870. The lowest BCUT2D eigenvalue weighted by Crippen LogP contribution is -2.40. The number of hydrogen-bond acceptors (Lipinski definition) is 7. The first kappa shape index (κ1) is 94.5. The van der Waals surface area contributed by atoms with Crippen LogP contribution in [0.3, 0.4) is 0 Å². The monoisotopic (exact) mass is 1370 g/mol. The number of carboxylic acid groups (broad SMARTS) is 1. The molecule has 0 radical (unpaired) electrons. The number of ether oxygens (including phenoxy) is 4. The molecule has 98 heavy (non-hydrogen) atoms. The van der Waals surface area contributed by atoms with E-state index in [1.165, 1.54) is 295 Å². The average Bonchev–Trinajstić information content (AvgIpc) is 1.34. The van der Waals surface area contributed by atoms with Crippen molar-refractivity contribution in [3.63, 3.8) is 0 Å². The minimum absolute atomic E-state index is 0.181. The first-order chi connectivity index (χ1) is 48.1. The number of aliphatic carboxylic acids is 1. The Bertz CT molecular complexity index is 1890. The second-order valence-electron chi connectivity index (χ2n) is 29.8. The number of hydrogen-bond donors (Lipinski definition) is 1. The van der Waals surface area contributed by atoms with Crippen LogP contribution in [-0.2, 0) is 33.3 Å². The summed E-state index contributed by atoms with van der Waals surface area (Å²) in [4.78, 5) is 37.8. The van der Waals surface area contributed by atoms with E-state index < -0.39 is 24.3 Å².